The van der Waals surface area contributed by atoms with E-state index < -0.39 is 61.5 Å². The number of unbranched alkanes of at least 4 members (excludes halogenated alkanes) is 22. The van der Waals surface area contributed by atoms with Crippen LogP contribution in [0.5, 0.6) is 0 Å². The lowest BCUT2D eigenvalue weighted by Gasteiger charge is -2.40. The van der Waals surface area contributed by atoms with E-state index in [0.717, 1.165) is 44.9 Å². The Morgan fingerprint density at radius 2 is 1.05 bits per heavy atom. The van der Waals surface area contributed by atoms with Crippen molar-refractivity contribution in [3.63, 3.8) is 0 Å². The predicted molar refractivity (Wildman–Crippen MR) is 227 cm³/mol. The van der Waals surface area contributed by atoms with Crippen LogP contribution < -0.4 is 5.32 Å². The van der Waals surface area contributed by atoms with Gasteiger partial charge in [-0.05, 0) is 44.9 Å². The molecule has 1 aliphatic heterocycles. The molecule has 0 aromatic carbocycles. The number of hydrogen-bond donors (Lipinski definition) is 7. The standard InChI is InChI=1S/C46H85NO9/c1-3-5-7-9-11-13-15-17-19-20-21-23-25-27-29-31-33-35-40(50)45(54)47-38(37-55-46-44(53)43(52)42(51)41(36-48)56-46)39(49)34-32-30-28-26-24-22-18-16-14-12-10-8-6-4-2/h14,16,24,26,32,34,38-44,46,48-53H,3-13,15,17-23,25,27-31,33,35-37H2,1-2H3,(H,47,54)/b16-14+,26-24+,34-32+. The Labute approximate surface area is 341 Å². The molecule has 10 nitrogen and oxygen atoms in total. The zero-order valence-corrected chi connectivity index (χ0v) is 35.5. The van der Waals surface area contributed by atoms with Gasteiger partial charge in [0.1, 0.15) is 30.5 Å². The largest absolute Gasteiger partial charge is 0.394 e. The van der Waals surface area contributed by atoms with Crippen molar-refractivity contribution in [3.8, 4) is 0 Å². The van der Waals surface area contributed by atoms with Gasteiger partial charge in [0.2, 0.25) is 5.91 Å². The fraction of sp³-hybridized carbons (Fsp3) is 0.848. The lowest BCUT2D eigenvalue weighted by molar-refractivity contribution is -0.302. The maximum absolute atomic E-state index is 13.0. The van der Waals surface area contributed by atoms with Crippen molar-refractivity contribution in [1.82, 2.24) is 5.32 Å². The van der Waals surface area contributed by atoms with Crippen molar-refractivity contribution in [1.29, 1.82) is 0 Å². The fourth-order valence-electron chi connectivity index (χ4n) is 7.02. The van der Waals surface area contributed by atoms with E-state index in [-0.39, 0.29) is 6.61 Å². The second-order valence-corrected chi connectivity index (χ2v) is 16.0. The van der Waals surface area contributed by atoms with Gasteiger partial charge >= 0.3 is 0 Å². The summed E-state index contributed by atoms with van der Waals surface area (Å²) in [7, 11) is 0. The summed E-state index contributed by atoms with van der Waals surface area (Å²) in [6, 6.07) is -0.999. The highest BCUT2D eigenvalue weighted by molar-refractivity contribution is 5.80. The quantitative estimate of drug-likeness (QED) is 0.0242. The van der Waals surface area contributed by atoms with Crippen molar-refractivity contribution in [2.45, 2.75) is 236 Å². The van der Waals surface area contributed by atoms with E-state index in [1.54, 1.807) is 6.08 Å². The second-order valence-electron chi connectivity index (χ2n) is 16.0. The summed E-state index contributed by atoms with van der Waals surface area (Å²) >= 11 is 0. The van der Waals surface area contributed by atoms with E-state index >= 15 is 0 Å². The number of aliphatic hydroxyl groups excluding tert-OH is 6. The minimum absolute atomic E-state index is 0.303. The minimum atomic E-state index is -1.62. The first-order chi connectivity index (χ1) is 27.3. The van der Waals surface area contributed by atoms with Gasteiger partial charge in [0.05, 0.1) is 25.4 Å². The zero-order chi connectivity index (χ0) is 41.1. The maximum atomic E-state index is 13.0. The maximum Gasteiger partial charge on any atom is 0.249 e. The number of carbonyl (C=O) groups excluding carboxylic acids is 1. The van der Waals surface area contributed by atoms with Crippen molar-refractivity contribution in [2.24, 2.45) is 0 Å². The van der Waals surface area contributed by atoms with Gasteiger partial charge in [-0.2, -0.15) is 0 Å². The molecule has 0 bridgehead atoms. The third-order valence-electron chi connectivity index (χ3n) is 10.8. The lowest BCUT2D eigenvalue weighted by atomic mass is 9.99. The van der Waals surface area contributed by atoms with Gasteiger partial charge in [-0.15, -0.1) is 0 Å². The van der Waals surface area contributed by atoms with Crippen LogP contribution in [0.1, 0.15) is 187 Å². The van der Waals surface area contributed by atoms with Gasteiger partial charge in [-0.25, -0.2) is 0 Å². The summed E-state index contributed by atoms with van der Waals surface area (Å²) in [5, 5.41) is 64.6. The molecule has 1 aliphatic rings. The van der Waals surface area contributed by atoms with Gasteiger partial charge in [0.15, 0.2) is 6.29 Å². The number of carbonyl (C=O) groups is 1. The third-order valence-corrected chi connectivity index (χ3v) is 10.8. The van der Waals surface area contributed by atoms with Crippen LogP contribution in [0.2, 0.25) is 0 Å². The summed E-state index contributed by atoms with van der Waals surface area (Å²) < 4.78 is 11.1. The van der Waals surface area contributed by atoms with Crippen LogP contribution in [0.4, 0.5) is 0 Å². The molecule has 56 heavy (non-hydrogen) atoms. The molecule has 0 aromatic rings. The van der Waals surface area contributed by atoms with Gasteiger partial charge in [-0.3, -0.25) is 4.79 Å². The number of nitrogens with one attached hydrogen (secondary N) is 1. The highest BCUT2D eigenvalue weighted by atomic mass is 16.7. The Balaban J connectivity index is 2.44. The molecular formula is C46H85NO9. The van der Waals surface area contributed by atoms with Gasteiger partial charge in [-0.1, -0.05) is 179 Å². The molecular weight excluding hydrogens is 711 g/mol. The van der Waals surface area contributed by atoms with Gasteiger partial charge < -0.3 is 45.4 Å². The SMILES string of the molecule is CCCCCC/C=C/CC/C=C/CC/C=C/C(O)C(COC1OC(CO)C(O)C(O)C1O)NC(=O)C(O)CCCCCCCCCCCCCCCCCCC. The van der Waals surface area contributed by atoms with Crippen LogP contribution in [0.3, 0.4) is 0 Å². The smallest absolute Gasteiger partial charge is 0.249 e. The van der Waals surface area contributed by atoms with Crippen LogP contribution in [-0.2, 0) is 14.3 Å². The molecule has 8 atom stereocenters. The monoisotopic (exact) mass is 796 g/mol. The predicted octanol–water partition coefficient (Wildman–Crippen LogP) is 8.25. The molecule has 328 valence electrons. The molecule has 10 heteroatoms. The van der Waals surface area contributed by atoms with Crippen molar-refractivity contribution < 1.29 is 44.9 Å². The average molecular weight is 796 g/mol. The lowest BCUT2D eigenvalue weighted by Crippen LogP contribution is -2.60. The van der Waals surface area contributed by atoms with E-state index in [2.05, 4.69) is 43.5 Å². The Morgan fingerprint density at radius 1 is 0.607 bits per heavy atom. The average Bonchev–Trinajstić information content (AvgIpc) is 3.20. The van der Waals surface area contributed by atoms with Gasteiger partial charge in [0, 0.05) is 0 Å². The summed E-state index contributed by atoms with van der Waals surface area (Å²) in [4.78, 5) is 13.0. The fourth-order valence-corrected chi connectivity index (χ4v) is 7.02. The molecule has 1 amide bonds. The summed E-state index contributed by atoms with van der Waals surface area (Å²) in [6.07, 6.45) is 33.7. The summed E-state index contributed by atoms with van der Waals surface area (Å²) in [6.45, 7) is 3.56. The molecule has 1 heterocycles. The van der Waals surface area contributed by atoms with Crippen LogP contribution >= 0.6 is 0 Å². The number of ether oxygens (including phenoxy) is 2. The minimum Gasteiger partial charge on any atom is -0.394 e. The molecule has 8 unspecified atom stereocenters. The number of hydrogen-bond acceptors (Lipinski definition) is 9. The summed E-state index contributed by atoms with van der Waals surface area (Å²) in [5.74, 6) is -0.630. The van der Waals surface area contributed by atoms with E-state index in [1.165, 1.54) is 109 Å². The molecule has 0 aromatic heterocycles. The Bertz CT molecular complexity index is 990. The first kappa shape index (κ1) is 52.4. The molecule has 0 radical (unpaired) electrons. The van der Waals surface area contributed by atoms with E-state index in [0.29, 0.717) is 19.3 Å². The molecule has 0 aliphatic carbocycles. The normalized spacial score (nSPS) is 22.0. The molecule has 1 saturated heterocycles. The van der Waals surface area contributed by atoms with Crippen molar-refractivity contribution in [2.75, 3.05) is 13.2 Å². The number of rotatable bonds is 37. The van der Waals surface area contributed by atoms with E-state index in [9.17, 15) is 35.4 Å². The second kappa shape index (κ2) is 36.4. The first-order valence-electron chi connectivity index (χ1n) is 22.8. The number of allylic oxidation sites excluding steroid dienone is 5. The number of aliphatic hydroxyl groups is 6. The topological polar surface area (TPSA) is 169 Å². The highest BCUT2D eigenvalue weighted by Crippen LogP contribution is 2.22. The zero-order valence-electron chi connectivity index (χ0n) is 35.5. The Hall–Kier alpha value is -1.63. The summed E-state index contributed by atoms with van der Waals surface area (Å²) in [5.41, 5.74) is 0. The highest BCUT2D eigenvalue weighted by Gasteiger charge is 2.44. The molecule has 0 saturated carbocycles. The first-order valence-corrected chi connectivity index (χ1v) is 22.8. The van der Waals surface area contributed by atoms with Crippen molar-refractivity contribution in [3.05, 3.63) is 36.5 Å². The Kier molecular flexibility index (Phi) is 34.1. The third kappa shape index (κ3) is 26.4. The molecule has 7 N–H and O–H groups in total. The molecule has 1 rings (SSSR count). The molecule has 1 fully saturated rings. The van der Waals surface area contributed by atoms with Crippen LogP contribution in [0, 0.1) is 0 Å². The van der Waals surface area contributed by atoms with E-state index in [4.69, 9.17) is 9.47 Å². The van der Waals surface area contributed by atoms with Crippen LogP contribution in [0.25, 0.3) is 0 Å². The van der Waals surface area contributed by atoms with Crippen LogP contribution in [0.15, 0.2) is 36.5 Å². The molecule has 0 spiro atoms. The number of amides is 1. The van der Waals surface area contributed by atoms with Crippen LogP contribution in [-0.4, -0.2) is 98.7 Å². The Morgan fingerprint density at radius 3 is 1.55 bits per heavy atom. The van der Waals surface area contributed by atoms with Crippen molar-refractivity contribution >= 4 is 5.91 Å². The van der Waals surface area contributed by atoms with E-state index in [1.807, 2.05) is 6.08 Å². The van der Waals surface area contributed by atoms with Gasteiger partial charge in [0.25, 0.3) is 0 Å².